The number of rotatable bonds is 6. The second-order valence-electron chi connectivity index (χ2n) is 4.49. The largest absolute Gasteiger partial charge is 0.240 e. The fraction of sp³-hybridized carbons (Fsp3) is 0.538. The summed E-state index contributed by atoms with van der Waals surface area (Å²) in [4.78, 5) is 0.343. The first kappa shape index (κ1) is 13.9. The van der Waals surface area contributed by atoms with Crippen LogP contribution in [0.15, 0.2) is 35.2 Å². The minimum absolute atomic E-state index is 0.343. The number of sulfonamides is 1. The van der Waals surface area contributed by atoms with Crippen LogP contribution in [0, 0.1) is 0 Å². The van der Waals surface area contributed by atoms with Crippen LogP contribution in [0.3, 0.4) is 0 Å². The highest BCUT2D eigenvalue weighted by molar-refractivity contribution is 8.00. The Morgan fingerprint density at radius 2 is 1.83 bits per heavy atom. The zero-order valence-corrected chi connectivity index (χ0v) is 12.0. The van der Waals surface area contributed by atoms with Gasteiger partial charge in [-0.15, -0.1) is 0 Å². The lowest BCUT2D eigenvalue weighted by Gasteiger charge is -2.09. The maximum atomic E-state index is 11.9. The Labute approximate surface area is 113 Å². The van der Waals surface area contributed by atoms with E-state index in [0.717, 1.165) is 11.0 Å². The fourth-order valence-corrected chi connectivity index (χ4v) is 4.54. The normalized spacial score (nSPS) is 17.1. The third kappa shape index (κ3) is 4.00. The fourth-order valence-electron chi connectivity index (χ4n) is 2.14. The van der Waals surface area contributed by atoms with Gasteiger partial charge < -0.3 is 0 Å². The Morgan fingerprint density at radius 1 is 1.17 bits per heavy atom. The molecule has 1 aromatic rings. The van der Waals surface area contributed by atoms with Crippen LogP contribution in [0.5, 0.6) is 0 Å². The first-order valence-electron chi connectivity index (χ1n) is 6.35. The standard InChI is InChI=1S/C13H19NO2S2/c15-18(16,13-8-2-1-3-9-13)14-10-11-17-12-6-4-5-7-12/h1-3,8-9,12,14H,4-7,10-11H2. The third-order valence-corrected chi connectivity index (χ3v) is 5.96. The molecule has 18 heavy (non-hydrogen) atoms. The molecule has 1 aliphatic rings. The zero-order chi connectivity index (χ0) is 12.8. The second kappa shape index (κ2) is 6.59. The molecule has 0 radical (unpaired) electrons. The Kier molecular flexibility index (Phi) is 5.09. The molecule has 0 unspecified atom stereocenters. The highest BCUT2D eigenvalue weighted by Gasteiger charge is 2.16. The van der Waals surface area contributed by atoms with Gasteiger partial charge in [0.25, 0.3) is 0 Å². The molecule has 100 valence electrons. The van der Waals surface area contributed by atoms with Gasteiger partial charge in [0.15, 0.2) is 0 Å². The van der Waals surface area contributed by atoms with E-state index in [1.807, 2.05) is 17.8 Å². The van der Waals surface area contributed by atoms with Crippen molar-refractivity contribution in [3.05, 3.63) is 30.3 Å². The van der Waals surface area contributed by atoms with Crippen LogP contribution in [-0.4, -0.2) is 26.0 Å². The maximum Gasteiger partial charge on any atom is 0.240 e. The van der Waals surface area contributed by atoms with Crippen LogP contribution in [0.25, 0.3) is 0 Å². The van der Waals surface area contributed by atoms with E-state index in [2.05, 4.69) is 4.72 Å². The van der Waals surface area contributed by atoms with Crippen molar-refractivity contribution in [2.45, 2.75) is 35.8 Å². The van der Waals surface area contributed by atoms with Crippen LogP contribution in [0.4, 0.5) is 0 Å². The molecular weight excluding hydrogens is 266 g/mol. The lowest BCUT2D eigenvalue weighted by atomic mass is 10.4. The van der Waals surface area contributed by atoms with Gasteiger partial charge in [-0.25, -0.2) is 13.1 Å². The van der Waals surface area contributed by atoms with Crippen molar-refractivity contribution < 1.29 is 8.42 Å². The van der Waals surface area contributed by atoms with E-state index in [-0.39, 0.29) is 0 Å². The van der Waals surface area contributed by atoms with Crippen molar-refractivity contribution in [3.63, 3.8) is 0 Å². The van der Waals surface area contributed by atoms with Gasteiger partial charge in [0.1, 0.15) is 0 Å². The predicted molar refractivity (Wildman–Crippen MR) is 76.3 cm³/mol. The van der Waals surface area contributed by atoms with Crippen molar-refractivity contribution in [1.29, 1.82) is 0 Å². The summed E-state index contributed by atoms with van der Waals surface area (Å²) >= 11 is 1.89. The summed E-state index contributed by atoms with van der Waals surface area (Å²) in [6.07, 6.45) is 5.23. The molecule has 0 bridgehead atoms. The van der Waals surface area contributed by atoms with Gasteiger partial charge in [0, 0.05) is 17.5 Å². The van der Waals surface area contributed by atoms with Gasteiger partial charge in [0.05, 0.1) is 4.90 Å². The molecule has 0 atom stereocenters. The van der Waals surface area contributed by atoms with E-state index in [0.29, 0.717) is 11.4 Å². The van der Waals surface area contributed by atoms with Gasteiger partial charge in [0.2, 0.25) is 10.0 Å². The summed E-state index contributed by atoms with van der Waals surface area (Å²) in [5.41, 5.74) is 0. The summed E-state index contributed by atoms with van der Waals surface area (Å²) in [7, 11) is -3.32. The molecular formula is C13H19NO2S2. The average molecular weight is 285 g/mol. The van der Waals surface area contributed by atoms with Crippen LogP contribution in [0.2, 0.25) is 0 Å². The van der Waals surface area contributed by atoms with E-state index in [1.54, 1.807) is 24.3 Å². The third-order valence-electron chi connectivity index (χ3n) is 3.10. The van der Waals surface area contributed by atoms with Crippen LogP contribution < -0.4 is 4.72 Å². The van der Waals surface area contributed by atoms with Gasteiger partial charge in [-0.1, -0.05) is 31.0 Å². The smallest absolute Gasteiger partial charge is 0.210 e. The Hall–Kier alpha value is -0.520. The monoisotopic (exact) mass is 285 g/mol. The van der Waals surface area contributed by atoms with E-state index in [9.17, 15) is 8.42 Å². The predicted octanol–water partition coefficient (Wildman–Crippen LogP) is 2.64. The Morgan fingerprint density at radius 3 is 2.50 bits per heavy atom. The van der Waals surface area contributed by atoms with E-state index in [4.69, 9.17) is 0 Å². The summed E-state index contributed by atoms with van der Waals surface area (Å²) < 4.78 is 26.5. The van der Waals surface area contributed by atoms with Gasteiger partial charge in [-0.05, 0) is 25.0 Å². The molecule has 0 aliphatic heterocycles. The molecule has 0 amide bonds. The zero-order valence-electron chi connectivity index (χ0n) is 10.3. The molecule has 0 spiro atoms. The average Bonchev–Trinajstić information content (AvgIpc) is 2.89. The molecule has 1 fully saturated rings. The van der Waals surface area contributed by atoms with E-state index in [1.165, 1.54) is 25.7 Å². The van der Waals surface area contributed by atoms with Gasteiger partial charge >= 0.3 is 0 Å². The molecule has 0 heterocycles. The molecule has 2 rings (SSSR count). The number of hydrogen-bond acceptors (Lipinski definition) is 3. The first-order chi connectivity index (χ1) is 8.68. The van der Waals surface area contributed by atoms with Crippen LogP contribution in [-0.2, 0) is 10.0 Å². The van der Waals surface area contributed by atoms with Gasteiger partial charge in [-0.3, -0.25) is 0 Å². The van der Waals surface area contributed by atoms with Crippen molar-refractivity contribution in [2.24, 2.45) is 0 Å². The number of thioether (sulfide) groups is 1. The summed E-state index contributed by atoms with van der Waals surface area (Å²) in [6, 6.07) is 8.53. The van der Waals surface area contributed by atoms with E-state index >= 15 is 0 Å². The lowest BCUT2D eigenvalue weighted by molar-refractivity contribution is 0.584. The maximum absolute atomic E-state index is 11.9. The molecule has 1 N–H and O–H groups in total. The van der Waals surface area contributed by atoms with Crippen molar-refractivity contribution in [2.75, 3.05) is 12.3 Å². The molecule has 5 heteroatoms. The Bertz CT molecular complexity index is 453. The highest BCUT2D eigenvalue weighted by Crippen LogP contribution is 2.28. The van der Waals surface area contributed by atoms with Gasteiger partial charge in [-0.2, -0.15) is 11.8 Å². The first-order valence-corrected chi connectivity index (χ1v) is 8.88. The lowest BCUT2D eigenvalue weighted by Crippen LogP contribution is -2.26. The van der Waals surface area contributed by atoms with Crippen LogP contribution in [0.1, 0.15) is 25.7 Å². The van der Waals surface area contributed by atoms with E-state index < -0.39 is 10.0 Å². The molecule has 0 aromatic heterocycles. The summed E-state index contributed by atoms with van der Waals surface area (Å²) in [5.74, 6) is 0.858. The van der Waals surface area contributed by atoms with Crippen molar-refractivity contribution in [3.8, 4) is 0 Å². The summed E-state index contributed by atoms with van der Waals surface area (Å²) in [6.45, 7) is 0.512. The van der Waals surface area contributed by atoms with Crippen molar-refractivity contribution >= 4 is 21.8 Å². The molecule has 1 saturated carbocycles. The van der Waals surface area contributed by atoms with Crippen molar-refractivity contribution in [1.82, 2.24) is 4.72 Å². The Balaban J connectivity index is 1.75. The number of nitrogens with one attached hydrogen (secondary N) is 1. The second-order valence-corrected chi connectivity index (χ2v) is 7.66. The SMILES string of the molecule is O=S(=O)(NCCSC1CCCC1)c1ccccc1. The minimum Gasteiger partial charge on any atom is -0.210 e. The molecule has 3 nitrogen and oxygen atoms in total. The quantitative estimate of drug-likeness (QED) is 0.817. The molecule has 0 saturated heterocycles. The topological polar surface area (TPSA) is 46.2 Å². The molecule has 1 aliphatic carbocycles. The minimum atomic E-state index is -3.32. The molecule has 1 aromatic carbocycles. The highest BCUT2D eigenvalue weighted by atomic mass is 32.2. The number of hydrogen-bond donors (Lipinski definition) is 1. The summed E-state index contributed by atoms with van der Waals surface area (Å²) in [5, 5.41) is 0.742. The van der Waals surface area contributed by atoms with Crippen LogP contribution >= 0.6 is 11.8 Å². The number of benzene rings is 1.